The molecule has 0 aliphatic heterocycles. The Morgan fingerprint density at radius 1 is 1.06 bits per heavy atom. The number of amides is 2. The molecular weight excluding hydrogens is 428 g/mol. The number of ether oxygens (including phenoxy) is 2. The number of nitrogens with one attached hydrogen (secondary N) is 2. The number of carbonyl (C=O) groups is 3. The molecule has 9 nitrogen and oxygen atoms in total. The van der Waals surface area contributed by atoms with Crippen LogP contribution in [-0.2, 0) is 19.1 Å². The highest BCUT2D eigenvalue weighted by Crippen LogP contribution is 2.44. The zero-order valence-corrected chi connectivity index (χ0v) is 18.5. The number of aliphatic hydroxyl groups is 1. The van der Waals surface area contributed by atoms with E-state index in [0.29, 0.717) is 0 Å². The number of carboxylic acid groups (broad SMARTS) is 1. The van der Waals surface area contributed by atoms with Crippen LogP contribution in [0.25, 0.3) is 11.1 Å². The molecule has 1 unspecified atom stereocenters. The fourth-order valence-electron chi connectivity index (χ4n) is 4.03. The number of hydrogen-bond acceptors (Lipinski definition) is 6. The topological polar surface area (TPSA) is 134 Å². The summed E-state index contributed by atoms with van der Waals surface area (Å²) in [5.74, 6) is -2.28. The molecule has 9 heteroatoms. The van der Waals surface area contributed by atoms with Crippen LogP contribution in [0.3, 0.4) is 0 Å². The van der Waals surface area contributed by atoms with Gasteiger partial charge in [0, 0.05) is 13.0 Å². The van der Waals surface area contributed by atoms with Crippen molar-refractivity contribution >= 4 is 18.0 Å². The molecule has 0 heterocycles. The molecule has 2 aromatic carbocycles. The summed E-state index contributed by atoms with van der Waals surface area (Å²) in [6.45, 7) is 1.08. The van der Waals surface area contributed by atoms with Gasteiger partial charge in [-0.15, -0.1) is 0 Å². The number of aliphatic hydroxyl groups excluding tert-OH is 1. The quantitative estimate of drug-likeness (QED) is 0.429. The minimum absolute atomic E-state index is 0.0754. The Bertz CT molecular complexity index is 980. The lowest BCUT2D eigenvalue weighted by Crippen LogP contribution is -2.62. The zero-order valence-electron chi connectivity index (χ0n) is 18.5. The SMILES string of the molecule is CCC(COC)(NC(=O)OCC1c2ccccc2-c2ccccc21)C(=O)NC[C@H](O)C(=O)O. The second-order valence-electron chi connectivity index (χ2n) is 7.88. The van der Waals surface area contributed by atoms with Crippen molar-refractivity contribution in [3.8, 4) is 11.1 Å². The van der Waals surface area contributed by atoms with Gasteiger partial charge in [0.05, 0.1) is 13.2 Å². The molecule has 1 aliphatic rings. The zero-order chi connectivity index (χ0) is 24.0. The number of methoxy groups -OCH3 is 1. The minimum atomic E-state index is -1.76. The van der Waals surface area contributed by atoms with Crippen LogP contribution >= 0.6 is 0 Å². The summed E-state index contributed by atoms with van der Waals surface area (Å²) in [4.78, 5) is 36.3. The summed E-state index contributed by atoms with van der Waals surface area (Å²) in [5, 5.41) is 23.2. The van der Waals surface area contributed by atoms with E-state index in [0.717, 1.165) is 22.3 Å². The Balaban J connectivity index is 1.70. The lowest BCUT2D eigenvalue weighted by molar-refractivity contribution is -0.146. The predicted molar refractivity (Wildman–Crippen MR) is 120 cm³/mol. The number of carboxylic acids is 1. The van der Waals surface area contributed by atoms with Crippen LogP contribution in [0.2, 0.25) is 0 Å². The highest BCUT2D eigenvalue weighted by atomic mass is 16.5. The highest BCUT2D eigenvalue weighted by Gasteiger charge is 2.40. The van der Waals surface area contributed by atoms with Crippen LogP contribution < -0.4 is 10.6 Å². The molecular formula is C24H28N2O7. The first kappa shape index (κ1) is 24.2. The van der Waals surface area contributed by atoms with Gasteiger partial charge in [0.15, 0.2) is 6.10 Å². The molecule has 2 amide bonds. The van der Waals surface area contributed by atoms with Crippen molar-refractivity contribution in [3.63, 3.8) is 0 Å². The standard InChI is InChI=1S/C24H28N2O7/c1-3-24(14-32-2,22(30)25-12-20(27)21(28)29)26-23(31)33-13-19-17-10-6-4-8-15(17)16-9-5-7-11-18(16)19/h4-11,19-20,27H,3,12-14H2,1-2H3,(H,25,30)(H,26,31)(H,28,29)/t20-,24?/m0/s1. The second-order valence-corrected chi connectivity index (χ2v) is 7.88. The number of benzene rings is 2. The first-order valence-corrected chi connectivity index (χ1v) is 10.6. The molecule has 0 radical (unpaired) electrons. The van der Waals surface area contributed by atoms with Crippen molar-refractivity contribution in [2.24, 2.45) is 0 Å². The van der Waals surface area contributed by atoms with Crippen molar-refractivity contribution in [2.75, 3.05) is 26.9 Å². The summed E-state index contributed by atoms with van der Waals surface area (Å²) < 4.78 is 10.7. The third-order valence-electron chi connectivity index (χ3n) is 5.85. The summed E-state index contributed by atoms with van der Waals surface area (Å²) in [7, 11) is 1.38. The van der Waals surface area contributed by atoms with Crippen LogP contribution in [0.15, 0.2) is 48.5 Å². The molecule has 0 spiro atoms. The molecule has 0 fully saturated rings. The largest absolute Gasteiger partial charge is 0.479 e. The highest BCUT2D eigenvalue weighted by molar-refractivity contribution is 5.90. The number of alkyl carbamates (subject to hydrolysis) is 1. The van der Waals surface area contributed by atoms with Gasteiger partial charge in [-0.2, -0.15) is 0 Å². The molecule has 33 heavy (non-hydrogen) atoms. The molecule has 0 saturated carbocycles. The van der Waals surface area contributed by atoms with Crippen molar-refractivity contribution < 1.29 is 34.1 Å². The lowest BCUT2D eigenvalue weighted by atomic mass is 9.96. The number of hydrogen-bond donors (Lipinski definition) is 4. The van der Waals surface area contributed by atoms with Gasteiger partial charge in [0.2, 0.25) is 5.91 Å². The van der Waals surface area contributed by atoms with Crippen LogP contribution in [0, 0.1) is 0 Å². The summed E-state index contributed by atoms with van der Waals surface area (Å²) in [5.41, 5.74) is 2.83. The molecule has 1 aliphatic carbocycles. The van der Waals surface area contributed by atoms with Gasteiger partial charge in [-0.1, -0.05) is 55.5 Å². The first-order valence-electron chi connectivity index (χ1n) is 10.6. The molecule has 0 bridgehead atoms. The third kappa shape index (κ3) is 5.15. The fourth-order valence-corrected chi connectivity index (χ4v) is 4.03. The molecule has 2 aromatic rings. The van der Waals surface area contributed by atoms with E-state index in [1.54, 1.807) is 6.92 Å². The van der Waals surface area contributed by atoms with Crippen molar-refractivity contribution in [1.82, 2.24) is 10.6 Å². The Labute approximate surface area is 191 Å². The van der Waals surface area contributed by atoms with Crippen LogP contribution in [0.5, 0.6) is 0 Å². The van der Waals surface area contributed by atoms with E-state index >= 15 is 0 Å². The van der Waals surface area contributed by atoms with Crippen molar-refractivity contribution in [2.45, 2.75) is 30.9 Å². The van der Waals surface area contributed by atoms with Gasteiger partial charge in [-0.3, -0.25) is 4.79 Å². The van der Waals surface area contributed by atoms with Gasteiger partial charge in [-0.25, -0.2) is 9.59 Å². The van der Waals surface area contributed by atoms with Gasteiger partial charge >= 0.3 is 12.1 Å². The summed E-state index contributed by atoms with van der Waals surface area (Å²) in [6, 6.07) is 15.9. The van der Waals surface area contributed by atoms with E-state index in [1.807, 2.05) is 48.5 Å². The fraction of sp³-hybridized carbons (Fsp3) is 0.375. The number of carbonyl (C=O) groups excluding carboxylic acids is 2. The lowest BCUT2D eigenvalue weighted by Gasteiger charge is -2.31. The predicted octanol–water partition coefficient (Wildman–Crippen LogP) is 1.88. The van der Waals surface area contributed by atoms with Crippen LogP contribution in [-0.4, -0.2) is 66.7 Å². The third-order valence-corrected chi connectivity index (χ3v) is 5.85. The van der Waals surface area contributed by atoms with Crippen LogP contribution in [0.4, 0.5) is 4.79 Å². The maximum Gasteiger partial charge on any atom is 0.408 e. The Hall–Kier alpha value is -3.43. The number of fused-ring (bicyclic) bond motifs is 3. The van der Waals surface area contributed by atoms with E-state index in [-0.39, 0.29) is 25.6 Å². The smallest absolute Gasteiger partial charge is 0.408 e. The first-order chi connectivity index (χ1) is 15.8. The van der Waals surface area contributed by atoms with E-state index in [2.05, 4.69) is 10.6 Å². The van der Waals surface area contributed by atoms with Crippen molar-refractivity contribution in [3.05, 3.63) is 59.7 Å². The van der Waals surface area contributed by atoms with Gasteiger partial charge < -0.3 is 30.3 Å². The van der Waals surface area contributed by atoms with E-state index < -0.39 is 36.2 Å². The normalized spacial score (nSPS) is 15.0. The molecule has 176 valence electrons. The van der Waals surface area contributed by atoms with E-state index in [4.69, 9.17) is 14.6 Å². The molecule has 2 atom stereocenters. The maximum atomic E-state index is 12.8. The summed E-state index contributed by atoms with van der Waals surface area (Å²) >= 11 is 0. The number of aliphatic carboxylic acids is 1. The Morgan fingerprint density at radius 3 is 2.15 bits per heavy atom. The minimum Gasteiger partial charge on any atom is -0.479 e. The maximum absolute atomic E-state index is 12.8. The molecule has 3 rings (SSSR count). The second kappa shape index (κ2) is 10.5. The van der Waals surface area contributed by atoms with Crippen LogP contribution in [0.1, 0.15) is 30.4 Å². The molecule has 4 N–H and O–H groups in total. The Morgan fingerprint density at radius 2 is 1.64 bits per heavy atom. The number of rotatable bonds is 10. The summed E-state index contributed by atoms with van der Waals surface area (Å²) in [6.07, 6.45) is -2.41. The molecule has 0 saturated heterocycles. The van der Waals surface area contributed by atoms with Gasteiger partial charge in [0.25, 0.3) is 0 Å². The van der Waals surface area contributed by atoms with E-state index in [1.165, 1.54) is 7.11 Å². The average Bonchev–Trinajstić information content (AvgIpc) is 3.14. The van der Waals surface area contributed by atoms with Crippen molar-refractivity contribution in [1.29, 1.82) is 0 Å². The van der Waals surface area contributed by atoms with Gasteiger partial charge in [-0.05, 0) is 28.7 Å². The monoisotopic (exact) mass is 456 g/mol. The molecule has 0 aromatic heterocycles. The van der Waals surface area contributed by atoms with Gasteiger partial charge in [0.1, 0.15) is 12.1 Å². The average molecular weight is 456 g/mol. The van der Waals surface area contributed by atoms with E-state index in [9.17, 15) is 19.5 Å². The Kier molecular flexibility index (Phi) is 7.67.